The Kier molecular flexibility index (Phi) is 4.72. The summed E-state index contributed by atoms with van der Waals surface area (Å²) in [5.41, 5.74) is 2.01. The molecular formula is C12H19FN2. The fraction of sp³-hybridized carbons (Fsp3) is 0.500. The summed E-state index contributed by atoms with van der Waals surface area (Å²) in [5, 5.41) is 3.09. The molecule has 0 fully saturated rings. The van der Waals surface area contributed by atoms with E-state index in [1.807, 2.05) is 27.1 Å². The van der Waals surface area contributed by atoms with E-state index in [-0.39, 0.29) is 5.82 Å². The van der Waals surface area contributed by atoms with Crippen molar-refractivity contribution in [2.75, 3.05) is 27.2 Å². The van der Waals surface area contributed by atoms with Crippen molar-refractivity contribution in [3.63, 3.8) is 0 Å². The number of aryl methyl sites for hydroxylation is 1. The van der Waals surface area contributed by atoms with Gasteiger partial charge in [0.05, 0.1) is 0 Å². The lowest BCUT2D eigenvalue weighted by Gasteiger charge is -2.16. The van der Waals surface area contributed by atoms with Crippen LogP contribution in [0.25, 0.3) is 0 Å². The normalized spacial score (nSPS) is 11.0. The van der Waals surface area contributed by atoms with Crippen molar-refractivity contribution < 1.29 is 4.39 Å². The maximum absolute atomic E-state index is 13.1. The highest BCUT2D eigenvalue weighted by Crippen LogP contribution is 2.09. The third kappa shape index (κ3) is 4.40. The molecule has 3 heteroatoms. The van der Waals surface area contributed by atoms with Gasteiger partial charge in [0.15, 0.2) is 0 Å². The Morgan fingerprint density at radius 1 is 1.33 bits per heavy atom. The Bertz CT molecular complexity index is 292. The molecule has 1 rings (SSSR count). The van der Waals surface area contributed by atoms with Gasteiger partial charge in [0, 0.05) is 19.6 Å². The van der Waals surface area contributed by atoms with Crippen molar-refractivity contribution in [1.29, 1.82) is 0 Å². The highest BCUT2D eigenvalue weighted by atomic mass is 19.1. The van der Waals surface area contributed by atoms with Gasteiger partial charge < -0.3 is 10.2 Å². The molecule has 1 N–H and O–H groups in total. The lowest BCUT2D eigenvalue weighted by atomic mass is 10.1. The van der Waals surface area contributed by atoms with E-state index >= 15 is 0 Å². The maximum atomic E-state index is 13.1. The fourth-order valence-electron chi connectivity index (χ4n) is 1.60. The molecular weight excluding hydrogens is 191 g/mol. The van der Waals surface area contributed by atoms with E-state index in [2.05, 4.69) is 10.2 Å². The van der Waals surface area contributed by atoms with Crippen LogP contribution in [0.3, 0.4) is 0 Å². The predicted molar refractivity (Wildman–Crippen MR) is 61.4 cm³/mol. The van der Waals surface area contributed by atoms with Crippen LogP contribution in [0.15, 0.2) is 18.2 Å². The van der Waals surface area contributed by atoms with Gasteiger partial charge in [-0.05, 0) is 44.3 Å². The van der Waals surface area contributed by atoms with E-state index in [1.165, 1.54) is 0 Å². The van der Waals surface area contributed by atoms with E-state index in [4.69, 9.17) is 0 Å². The minimum absolute atomic E-state index is 0.146. The molecule has 0 bridgehead atoms. The van der Waals surface area contributed by atoms with Crippen molar-refractivity contribution >= 4 is 0 Å². The van der Waals surface area contributed by atoms with E-state index in [1.54, 1.807) is 12.1 Å². The summed E-state index contributed by atoms with van der Waals surface area (Å²) in [4.78, 5) is 2.17. The molecule has 0 radical (unpaired) electrons. The SMILES string of the molecule is CNCCN(C)Cc1cc(C)cc(F)c1. The van der Waals surface area contributed by atoms with Gasteiger partial charge >= 0.3 is 0 Å². The molecule has 0 aliphatic rings. The topological polar surface area (TPSA) is 15.3 Å². The Balaban J connectivity index is 2.56. The molecule has 0 aliphatic heterocycles. The number of halogens is 1. The molecule has 1 aromatic carbocycles. The average molecular weight is 210 g/mol. The first kappa shape index (κ1) is 12.1. The first-order valence-electron chi connectivity index (χ1n) is 5.21. The lowest BCUT2D eigenvalue weighted by molar-refractivity contribution is 0.327. The molecule has 0 amide bonds. The third-order valence-electron chi connectivity index (χ3n) is 2.30. The molecule has 0 unspecified atom stereocenters. The molecule has 0 aromatic heterocycles. The number of likely N-dealkylation sites (N-methyl/N-ethyl adjacent to an activating group) is 2. The molecule has 15 heavy (non-hydrogen) atoms. The second kappa shape index (κ2) is 5.83. The van der Waals surface area contributed by atoms with Crippen LogP contribution in [0.4, 0.5) is 4.39 Å². The van der Waals surface area contributed by atoms with Gasteiger partial charge in [-0.1, -0.05) is 6.07 Å². The van der Waals surface area contributed by atoms with Gasteiger partial charge in [-0.3, -0.25) is 0 Å². The lowest BCUT2D eigenvalue weighted by Crippen LogP contribution is -2.26. The first-order valence-corrected chi connectivity index (χ1v) is 5.21. The van der Waals surface area contributed by atoms with Crippen LogP contribution >= 0.6 is 0 Å². The molecule has 0 heterocycles. The van der Waals surface area contributed by atoms with E-state index in [0.717, 1.165) is 30.8 Å². The Morgan fingerprint density at radius 3 is 2.67 bits per heavy atom. The molecule has 2 nitrogen and oxygen atoms in total. The van der Waals surface area contributed by atoms with Gasteiger partial charge in [-0.25, -0.2) is 4.39 Å². The van der Waals surface area contributed by atoms with Gasteiger partial charge in [0.25, 0.3) is 0 Å². The Hall–Kier alpha value is -0.930. The van der Waals surface area contributed by atoms with Crippen LogP contribution < -0.4 is 5.32 Å². The number of nitrogens with one attached hydrogen (secondary N) is 1. The number of benzene rings is 1. The van der Waals surface area contributed by atoms with Crippen molar-refractivity contribution in [2.45, 2.75) is 13.5 Å². The minimum atomic E-state index is -0.146. The Morgan fingerprint density at radius 2 is 2.07 bits per heavy atom. The number of nitrogens with zero attached hydrogens (tertiary/aromatic N) is 1. The zero-order valence-corrected chi connectivity index (χ0v) is 9.68. The number of hydrogen-bond acceptors (Lipinski definition) is 2. The quantitative estimate of drug-likeness (QED) is 0.797. The van der Waals surface area contributed by atoms with E-state index < -0.39 is 0 Å². The first-order chi connectivity index (χ1) is 7.11. The molecule has 0 saturated carbocycles. The van der Waals surface area contributed by atoms with Crippen molar-refractivity contribution in [1.82, 2.24) is 10.2 Å². The zero-order chi connectivity index (χ0) is 11.3. The van der Waals surface area contributed by atoms with Gasteiger partial charge in [-0.2, -0.15) is 0 Å². The van der Waals surface area contributed by atoms with Crippen molar-refractivity contribution in [3.8, 4) is 0 Å². The minimum Gasteiger partial charge on any atom is -0.318 e. The van der Waals surface area contributed by atoms with Gasteiger partial charge in [0.2, 0.25) is 0 Å². The summed E-state index contributed by atoms with van der Waals surface area (Å²) in [6.07, 6.45) is 0. The number of rotatable bonds is 5. The predicted octanol–water partition coefficient (Wildman–Crippen LogP) is 1.79. The highest BCUT2D eigenvalue weighted by Gasteiger charge is 2.02. The summed E-state index contributed by atoms with van der Waals surface area (Å²) in [6.45, 7) is 4.62. The summed E-state index contributed by atoms with van der Waals surface area (Å²) in [7, 11) is 3.97. The number of hydrogen-bond donors (Lipinski definition) is 1. The van der Waals surface area contributed by atoms with Crippen LogP contribution in [0.2, 0.25) is 0 Å². The second-order valence-corrected chi connectivity index (χ2v) is 3.98. The van der Waals surface area contributed by atoms with Crippen LogP contribution in [-0.2, 0) is 6.54 Å². The van der Waals surface area contributed by atoms with E-state index in [9.17, 15) is 4.39 Å². The summed E-state index contributed by atoms with van der Waals surface area (Å²) in [5.74, 6) is -0.146. The third-order valence-corrected chi connectivity index (χ3v) is 2.30. The van der Waals surface area contributed by atoms with Gasteiger partial charge in [0.1, 0.15) is 5.82 Å². The van der Waals surface area contributed by atoms with Crippen molar-refractivity contribution in [3.05, 3.63) is 35.1 Å². The molecule has 1 aromatic rings. The molecule has 0 spiro atoms. The second-order valence-electron chi connectivity index (χ2n) is 3.98. The average Bonchev–Trinajstić information content (AvgIpc) is 2.13. The van der Waals surface area contributed by atoms with Crippen LogP contribution in [0.1, 0.15) is 11.1 Å². The molecule has 0 aliphatic carbocycles. The fourth-order valence-corrected chi connectivity index (χ4v) is 1.60. The summed E-state index contributed by atoms with van der Waals surface area (Å²) in [6, 6.07) is 5.18. The van der Waals surface area contributed by atoms with E-state index in [0.29, 0.717) is 0 Å². The molecule has 0 atom stereocenters. The standard InChI is InChI=1S/C12H19FN2/c1-10-6-11(8-12(13)7-10)9-15(3)5-4-14-2/h6-8,14H,4-5,9H2,1-3H3. The smallest absolute Gasteiger partial charge is 0.123 e. The van der Waals surface area contributed by atoms with Crippen LogP contribution in [-0.4, -0.2) is 32.1 Å². The monoisotopic (exact) mass is 210 g/mol. The largest absolute Gasteiger partial charge is 0.318 e. The van der Waals surface area contributed by atoms with Crippen LogP contribution in [0.5, 0.6) is 0 Å². The molecule has 0 saturated heterocycles. The zero-order valence-electron chi connectivity index (χ0n) is 9.68. The summed E-state index contributed by atoms with van der Waals surface area (Å²) < 4.78 is 13.1. The maximum Gasteiger partial charge on any atom is 0.123 e. The summed E-state index contributed by atoms with van der Waals surface area (Å²) >= 11 is 0. The molecule has 84 valence electrons. The Labute approximate surface area is 91.1 Å². The van der Waals surface area contributed by atoms with Crippen molar-refractivity contribution in [2.24, 2.45) is 0 Å². The van der Waals surface area contributed by atoms with Gasteiger partial charge in [-0.15, -0.1) is 0 Å². The highest BCUT2D eigenvalue weighted by molar-refractivity contribution is 5.23. The van der Waals surface area contributed by atoms with Crippen LogP contribution in [0, 0.1) is 12.7 Å².